The van der Waals surface area contributed by atoms with Crippen LogP contribution in [0.4, 0.5) is 10.1 Å². The minimum atomic E-state index is -0.304. The Labute approximate surface area is 124 Å². The van der Waals surface area contributed by atoms with Crippen LogP contribution in [0.2, 0.25) is 0 Å². The molecule has 0 aromatic heterocycles. The number of amides is 1. The molecule has 1 N–H and O–H groups in total. The maximum absolute atomic E-state index is 12.9. The van der Waals surface area contributed by atoms with Gasteiger partial charge in [-0.1, -0.05) is 44.2 Å². The van der Waals surface area contributed by atoms with Gasteiger partial charge in [0.1, 0.15) is 5.82 Å². The van der Waals surface area contributed by atoms with Gasteiger partial charge >= 0.3 is 0 Å². The molecule has 0 bridgehead atoms. The van der Waals surface area contributed by atoms with Crippen molar-refractivity contribution in [1.29, 1.82) is 0 Å². The van der Waals surface area contributed by atoms with Crippen molar-refractivity contribution >= 4 is 11.6 Å². The summed E-state index contributed by atoms with van der Waals surface area (Å²) in [6.07, 6.45) is 0. The standard InChI is InChI=1S/C18H18FNO/c1-18(2)15(12-6-4-3-5-7-12)16(18)17(21)20-14-10-8-13(19)9-11-14/h3-11,15-16H,1-2H3,(H,20,21)/t15-,16-/m1/s1. The third-order valence-electron chi connectivity index (χ3n) is 4.38. The molecule has 0 unspecified atom stereocenters. The van der Waals surface area contributed by atoms with Crippen LogP contribution in [-0.4, -0.2) is 5.91 Å². The Morgan fingerprint density at radius 1 is 1.05 bits per heavy atom. The highest BCUT2D eigenvalue weighted by Gasteiger charge is 2.62. The third kappa shape index (κ3) is 2.56. The summed E-state index contributed by atoms with van der Waals surface area (Å²) >= 11 is 0. The molecular weight excluding hydrogens is 265 g/mol. The minimum Gasteiger partial charge on any atom is -0.326 e. The highest BCUT2D eigenvalue weighted by molar-refractivity contribution is 5.96. The van der Waals surface area contributed by atoms with Gasteiger partial charge in [0.2, 0.25) is 5.91 Å². The number of anilines is 1. The van der Waals surface area contributed by atoms with Crippen molar-refractivity contribution in [3.63, 3.8) is 0 Å². The van der Waals surface area contributed by atoms with Gasteiger partial charge in [-0.05, 0) is 35.2 Å². The summed E-state index contributed by atoms with van der Waals surface area (Å²) < 4.78 is 12.9. The second kappa shape index (κ2) is 4.99. The van der Waals surface area contributed by atoms with E-state index in [2.05, 4.69) is 31.3 Å². The van der Waals surface area contributed by atoms with Crippen LogP contribution in [0.25, 0.3) is 0 Å². The van der Waals surface area contributed by atoms with Crippen molar-refractivity contribution in [3.05, 3.63) is 66.0 Å². The number of benzene rings is 2. The first kappa shape index (κ1) is 13.8. The zero-order valence-corrected chi connectivity index (χ0v) is 12.1. The summed E-state index contributed by atoms with van der Waals surface area (Å²) in [6, 6.07) is 16.0. The largest absolute Gasteiger partial charge is 0.326 e. The Morgan fingerprint density at radius 3 is 2.29 bits per heavy atom. The Kier molecular flexibility index (Phi) is 3.28. The fraction of sp³-hybridized carbons (Fsp3) is 0.278. The van der Waals surface area contributed by atoms with E-state index in [0.29, 0.717) is 5.69 Å². The van der Waals surface area contributed by atoms with Gasteiger partial charge in [0.25, 0.3) is 0 Å². The molecule has 0 spiro atoms. The maximum atomic E-state index is 12.9. The smallest absolute Gasteiger partial charge is 0.228 e. The lowest BCUT2D eigenvalue weighted by molar-refractivity contribution is -0.118. The Balaban J connectivity index is 1.75. The van der Waals surface area contributed by atoms with E-state index in [0.717, 1.165) is 0 Å². The summed E-state index contributed by atoms with van der Waals surface area (Å²) in [7, 11) is 0. The summed E-state index contributed by atoms with van der Waals surface area (Å²) in [4.78, 5) is 12.5. The summed E-state index contributed by atoms with van der Waals surface area (Å²) in [5, 5.41) is 2.88. The molecule has 1 aliphatic rings. The van der Waals surface area contributed by atoms with Crippen molar-refractivity contribution < 1.29 is 9.18 Å². The van der Waals surface area contributed by atoms with Crippen LogP contribution in [0.3, 0.4) is 0 Å². The van der Waals surface area contributed by atoms with Gasteiger partial charge in [-0.15, -0.1) is 0 Å². The van der Waals surface area contributed by atoms with Crippen molar-refractivity contribution in [1.82, 2.24) is 0 Å². The Hall–Kier alpha value is -2.16. The number of hydrogen-bond donors (Lipinski definition) is 1. The van der Waals surface area contributed by atoms with E-state index < -0.39 is 0 Å². The van der Waals surface area contributed by atoms with Crippen LogP contribution in [0, 0.1) is 17.2 Å². The van der Waals surface area contributed by atoms with Gasteiger partial charge in [-0.2, -0.15) is 0 Å². The Morgan fingerprint density at radius 2 is 1.67 bits per heavy atom. The number of rotatable bonds is 3. The van der Waals surface area contributed by atoms with Crippen molar-refractivity contribution in [3.8, 4) is 0 Å². The first-order valence-electron chi connectivity index (χ1n) is 7.11. The van der Waals surface area contributed by atoms with Crippen LogP contribution in [0.1, 0.15) is 25.3 Å². The van der Waals surface area contributed by atoms with E-state index in [-0.39, 0.29) is 29.0 Å². The fourth-order valence-electron chi connectivity index (χ4n) is 3.16. The van der Waals surface area contributed by atoms with Gasteiger partial charge in [0.05, 0.1) is 5.92 Å². The lowest BCUT2D eigenvalue weighted by atomic mass is 10.0. The molecule has 2 aromatic rings. The molecule has 3 rings (SSSR count). The van der Waals surface area contributed by atoms with Gasteiger partial charge in [-0.3, -0.25) is 4.79 Å². The summed E-state index contributed by atoms with van der Waals surface area (Å²) in [5.74, 6) is -0.119. The monoisotopic (exact) mass is 283 g/mol. The zero-order valence-electron chi connectivity index (χ0n) is 12.1. The van der Waals surface area contributed by atoms with E-state index in [9.17, 15) is 9.18 Å². The van der Waals surface area contributed by atoms with Gasteiger partial charge in [0, 0.05) is 11.6 Å². The second-order valence-corrected chi connectivity index (χ2v) is 6.18. The lowest BCUT2D eigenvalue weighted by Gasteiger charge is -2.05. The molecule has 2 aromatic carbocycles. The van der Waals surface area contributed by atoms with Crippen LogP contribution in [0.15, 0.2) is 54.6 Å². The molecule has 1 fully saturated rings. The molecule has 0 radical (unpaired) electrons. The first-order valence-corrected chi connectivity index (χ1v) is 7.11. The number of carbonyl (C=O) groups excluding carboxylic acids is 1. The Bertz CT molecular complexity index is 649. The molecule has 1 aliphatic carbocycles. The molecule has 0 aliphatic heterocycles. The average Bonchev–Trinajstić information content (AvgIpc) is 3.05. The van der Waals surface area contributed by atoms with Crippen LogP contribution < -0.4 is 5.32 Å². The molecule has 3 heteroatoms. The van der Waals surface area contributed by atoms with Crippen LogP contribution in [-0.2, 0) is 4.79 Å². The molecule has 21 heavy (non-hydrogen) atoms. The number of halogens is 1. The second-order valence-electron chi connectivity index (χ2n) is 6.18. The minimum absolute atomic E-state index is 0.000427. The van der Waals surface area contributed by atoms with Crippen LogP contribution >= 0.6 is 0 Å². The molecule has 1 amide bonds. The van der Waals surface area contributed by atoms with E-state index >= 15 is 0 Å². The molecule has 2 nitrogen and oxygen atoms in total. The highest BCUT2D eigenvalue weighted by Crippen LogP contribution is 2.64. The SMILES string of the molecule is CC1(C)[C@H](c2ccccc2)[C@@H]1C(=O)Nc1ccc(F)cc1. The van der Waals surface area contributed by atoms with Crippen molar-refractivity contribution in [2.24, 2.45) is 11.3 Å². The van der Waals surface area contributed by atoms with E-state index in [1.165, 1.54) is 17.7 Å². The van der Waals surface area contributed by atoms with Crippen LogP contribution in [0.5, 0.6) is 0 Å². The van der Waals surface area contributed by atoms with Gasteiger partial charge < -0.3 is 5.32 Å². The highest BCUT2D eigenvalue weighted by atomic mass is 19.1. The molecule has 2 atom stereocenters. The number of hydrogen-bond acceptors (Lipinski definition) is 1. The number of nitrogens with one attached hydrogen (secondary N) is 1. The third-order valence-corrected chi connectivity index (χ3v) is 4.38. The topological polar surface area (TPSA) is 29.1 Å². The average molecular weight is 283 g/mol. The number of carbonyl (C=O) groups is 1. The normalized spacial score (nSPS) is 22.6. The molecule has 0 saturated heterocycles. The molecular formula is C18H18FNO. The van der Waals surface area contributed by atoms with Gasteiger partial charge in [0.15, 0.2) is 0 Å². The fourth-order valence-corrected chi connectivity index (χ4v) is 3.16. The lowest BCUT2D eigenvalue weighted by Crippen LogP contribution is -2.16. The quantitative estimate of drug-likeness (QED) is 0.898. The molecule has 1 saturated carbocycles. The maximum Gasteiger partial charge on any atom is 0.228 e. The molecule has 108 valence electrons. The first-order chi connectivity index (χ1) is 10.00. The summed E-state index contributed by atoms with van der Waals surface area (Å²) in [6.45, 7) is 4.22. The van der Waals surface area contributed by atoms with E-state index in [1.54, 1.807) is 12.1 Å². The van der Waals surface area contributed by atoms with Crippen molar-refractivity contribution in [2.45, 2.75) is 19.8 Å². The van der Waals surface area contributed by atoms with Crippen molar-refractivity contribution in [2.75, 3.05) is 5.32 Å². The zero-order chi connectivity index (χ0) is 15.0. The molecule has 0 heterocycles. The van der Waals surface area contributed by atoms with E-state index in [4.69, 9.17) is 0 Å². The predicted octanol–water partition coefficient (Wildman–Crippen LogP) is 4.20. The van der Waals surface area contributed by atoms with E-state index in [1.807, 2.05) is 18.2 Å². The summed E-state index contributed by atoms with van der Waals surface area (Å²) in [5.41, 5.74) is 1.78. The predicted molar refractivity (Wildman–Crippen MR) is 81.5 cm³/mol. The van der Waals surface area contributed by atoms with Gasteiger partial charge in [-0.25, -0.2) is 4.39 Å².